The number of nitrogens with zero attached hydrogens (tertiary/aromatic N) is 1. The van der Waals surface area contributed by atoms with Gasteiger partial charge in [-0.15, -0.1) is 0 Å². The van der Waals surface area contributed by atoms with Gasteiger partial charge in [0.15, 0.2) is 0 Å². The molecule has 0 saturated carbocycles. The summed E-state index contributed by atoms with van der Waals surface area (Å²) in [5.41, 5.74) is 0.965. The van der Waals surface area contributed by atoms with Gasteiger partial charge in [-0.3, -0.25) is 0 Å². The quantitative estimate of drug-likeness (QED) is 0.724. The van der Waals surface area contributed by atoms with Crippen molar-refractivity contribution in [2.75, 3.05) is 20.2 Å². The van der Waals surface area contributed by atoms with E-state index in [2.05, 4.69) is 10.0 Å². The Morgan fingerprint density at radius 3 is 2.52 bits per heavy atom. The predicted molar refractivity (Wildman–Crippen MR) is 83.9 cm³/mol. The molecule has 1 aromatic rings. The summed E-state index contributed by atoms with van der Waals surface area (Å²) in [6.07, 6.45) is 1.53. The van der Waals surface area contributed by atoms with Crippen LogP contribution in [0.2, 0.25) is 0 Å². The van der Waals surface area contributed by atoms with Gasteiger partial charge in [-0.05, 0) is 33.4 Å². The number of hydrogen-bond donors (Lipinski definition) is 2. The second-order valence-corrected chi connectivity index (χ2v) is 7.11. The molecule has 1 rings (SSSR count). The van der Waals surface area contributed by atoms with Crippen LogP contribution in [0.15, 0.2) is 17.2 Å². The molecule has 0 aromatic carbocycles. The molecule has 0 spiro atoms. The van der Waals surface area contributed by atoms with Crippen LogP contribution in [0.4, 0.5) is 0 Å². The van der Waals surface area contributed by atoms with Crippen LogP contribution in [0.3, 0.4) is 0 Å². The third-order valence-electron chi connectivity index (χ3n) is 3.29. The van der Waals surface area contributed by atoms with E-state index in [9.17, 15) is 8.42 Å². The molecule has 2 N–H and O–H groups in total. The highest BCUT2D eigenvalue weighted by Gasteiger charge is 2.19. The van der Waals surface area contributed by atoms with Crippen molar-refractivity contribution in [3.63, 3.8) is 0 Å². The third kappa shape index (κ3) is 5.10. The molecule has 0 aliphatic carbocycles. The summed E-state index contributed by atoms with van der Waals surface area (Å²) in [6, 6.07) is 1.93. The zero-order valence-electron chi connectivity index (χ0n) is 13.5. The van der Waals surface area contributed by atoms with E-state index < -0.39 is 10.0 Å². The average Bonchev–Trinajstić information content (AvgIpc) is 2.87. The van der Waals surface area contributed by atoms with Gasteiger partial charge in [0.2, 0.25) is 10.0 Å². The average molecular weight is 317 g/mol. The molecule has 1 unspecified atom stereocenters. The number of methoxy groups -OCH3 is 1. The first kappa shape index (κ1) is 18.2. The number of rotatable bonds is 9. The van der Waals surface area contributed by atoms with E-state index in [0.29, 0.717) is 11.4 Å². The normalized spacial score (nSPS) is 13.8. The Morgan fingerprint density at radius 1 is 1.33 bits per heavy atom. The summed E-state index contributed by atoms with van der Waals surface area (Å²) in [5.74, 6) is 0. The molecule has 7 heteroatoms. The minimum absolute atomic E-state index is 0.159. The molecule has 1 aromatic heterocycles. The lowest BCUT2D eigenvalue weighted by molar-refractivity contribution is 0.122. The topological polar surface area (TPSA) is 72.4 Å². The van der Waals surface area contributed by atoms with Crippen LogP contribution in [0.5, 0.6) is 0 Å². The van der Waals surface area contributed by atoms with Gasteiger partial charge in [0.1, 0.15) is 0 Å². The Hall–Kier alpha value is -0.890. The maximum atomic E-state index is 12.3. The van der Waals surface area contributed by atoms with E-state index in [1.165, 1.54) is 0 Å². The Bertz CT molecular complexity index is 538. The molecule has 0 aliphatic heterocycles. The van der Waals surface area contributed by atoms with Crippen LogP contribution in [0.25, 0.3) is 0 Å². The molecular formula is C14H27N3O3S. The van der Waals surface area contributed by atoms with Gasteiger partial charge >= 0.3 is 0 Å². The van der Waals surface area contributed by atoms with Crippen molar-refractivity contribution in [3.05, 3.63) is 18.0 Å². The van der Waals surface area contributed by atoms with Gasteiger partial charge < -0.3 is 14.6 Å². The van der Waals surface area contributed by atoms with Crippen molar-refractivity contribution in [3.8, 4) is 0 Å². The van der Waals surface area contributed by atoms with Crippen LogP contribution in [0, 0.1) is 0 Å². The number of hydrogen-bond acceptors (Lipinski definition) is 4. The summed E-state index contributed by atoms with van der Waals surface area (Å²) in [5, 5.41) is 3.23. The van der Waals surface area contributed by atoms with E-state index in [-0.39, 0.29) is 18.7 Å². The lowest BCUT2D eigenvalue weighted by Crippen LogP contribution is -2.31. The Balaban J connectivity index is 2.96. The molecule has 1 heterocycles. The summed E-state index contributed by atoms with van der Waals surface area (Å²) in [4.78, 5) is 0.299. The minimum Gasteiger partial charge on any atom is -0.380 e. The highest BCUT2D eigenvalue weighted by atomic mass is 32.2. The first-order chi connectivity index (χ1) is 9.81. The summed E-state index contributed by atoms with van der Waals surface area (Å²) >= 11 is 0. The molecular weight excluding hydrogens is 290 g/mol. The Morgan fingerprint density at radius 2 is 2.00 bits per heavy atom. The summed E-state index contributed by atoms with van der Waals surface area (Å²) in [7, 11) is -1.95. The molecule has 0 amide bonds. The highest BCUT2D eigenvalue weighted by molar-refractivity contribution is 7.89. The molecule has 122 valence electrons. The summed E-state index contributed by atoms with van der Waals surface area (Å²) in [6.45, 7) is 9.66. The molecule has 0 fully saturated rings. The van der Waals surface area contributed by atoms with Crippen LogP contribution < -0.4 is 10.0 Å². The molecule has 0 saturated heterocycles. The smallest absolute Gasteiger partial charge is 0.242 e. The first-order valence-corrected chi connectivity index (χ1v) is 8.74. The molecule has 0 aliphatic rings. The maximum Gasteiger partial charge on any atom is 0.242 e. The fourth-order valence-electron chi connectivity index (χ4n) is 1.91. The van der Waals surface area contributed by atoms with Crippen LogP contribution in [-0.4, -0.2) is 39.3 Å². The third-order valence-corrected chi connectivity index (χ3v) is 4.68. The van der Waals surface area contributed by atoms with Crippen molar-refractivity contribution in [2.24, 2.45) is 0 Å². The molecule has 0 bridgehead atoms. The van der Waals surface area contributed by atoms with Gasteiger partial charge in [0.25, 0.3) is 0 Å². The lowest BCUT2D eigenvalue weighted by Gasteiger charge is -2.12. The molecule has 0 radical (unpaired) electrons. The minimum atomic E-state index is -3.50. The van der Waals surface area contributed by atoms with Crippen molar-refractivity contribution < 1.29 is 13.2 Å². The maximum absolute atomic E-state index is 12.3. The second-order valence-electron chi connectivity index (χ2n) is 5.35. The summed E-state index contributed by atoms with van der Waals surface area (Å²) < 4.78 is 34.2. The van der Waals surface area contributed by atoms with Gasteiger partial charge in [-0.1, -0.05) is 6.92 Å². The van der Waals surface area contributed by atoms with Crippen molar-refractivity contribution in [1.82, 2.24) is 14.6 Å². The standard InChI is InChI=1S/C14H27N3O3S/c1-6-15-9-13-7-14(10-17(13)11(2)3)21(18,19)16-8-12(4)20-5/h7,10-12,15-16H,6,8-9H2,1-5H3. The van der Waals surface area contributed by atoms with E-state index in [1.54, 1.807) is 19.4 Å². The van der Waals surface area contributed by atoms with Crippen molar-refractivity contribution in [1.29, 1.82) is 0 Å². The molecule has 21 heavy (non-hydrogen) atoms. The zero-order valence-corrected chi connectivity index (χ0v) is 14.3. The zero-order chi connectivity index (χ0) is 16.0. The molecule has 1 atom stereocenters. The lowest BCUT2D eigenvalue weighted by atomic mass is 10.3. The number of aromatic nitrogens is 1. The number of sulfonamides is 1. The van der Waals surface area contributed by atoms with Crippen molar-refractivity contribution in [2.45, 2.75) is 51.3 Å². The van der Waals surface area contributed by atoms with Gasteiger partial charge in [0, 0.05) is 38.1 Å². The van der Waals surface area contributed by atoms with E-state index in [0.717, 1.165) is 12.2 Å². The predicted octanol–water partition coefficient (Wildman–Crippen LogP) is 1.49. The van der Waals surface area contributed by atoms with Crippen LogP contribution >= 0.6 is 0 Å². The van der Waals surface area contributed by atoms with Gasteiger partial charge in [0.05, 0.1) is 11.0 Å². The Labute approximate surface area is 127 Å². The Kier molecular flexibility index (Phi) is 6.86. The fourth-order valence-corrected chi connectivity index (χ4v) is 3.08. The van der Waals surface area contributed by atoms with E-state index >= 15 is 0 Å². The first-order valence-electron chi connectivity index (χ1n) is 7.25. The van der Waals surface area contributed by atoms with Gasteiger partial charge in [-0.25, -0.2) is 13.1 Å². The number of ether oxygens (including phenoxy) is 1. The second kappa shape index (κ2) is 7.93. The van der Waals surface area contributed by atoms with E-state index in [4.69, 9.17) is 4.74 Å². The van der Waals surface area contributed by atoms with E-state index in [1.807, 2.05) is 32.3 Å². The fraction of sp³-hybridized carbons (Fsp3) is 0.714. The monoisotopic (exact) mass is 317 g/mol. The molecule has 6 nitrogen and oxygen atoms in total. The highest BCUT2D eigenvalue weighted by Crippen LogP contribution is 2.19. The largest absolute Gasteiger partial charge is 0.380 e. The van der Waals surface area contributed by atoms with Gasteiger partial charge in [-0.2, -0.15) is 0 Å². The number of nitrogens with one attached hydrogen (secondary N) is 2. The van der Waals surface area contributed by atoms with Crippen LogP contribution in [0.1, 0.15) is 39.4 Å². The SMILES string of the molecule is CCNCc1cc(S(=O)(=O)NCC(C)OC)cn1C(C)C. The van der Waals surface area contributed by atoms with Crippen LogP contribution in [-0.2, 0) is 21.3 Å². The van der Waals surface area contributed by atoms with Crippen molar-refractivity contribution >= 4 is 10.0 Å².